The summed E-state index contributed by atoms with van der Waals surface area (Å²) >= 11 is 0. The third-order valence-electron chi connectivity index (χ3n) is 1.06. The SMILES string of the molecule is C=CCC(=N)CC(=N)C(F)F. The molecule has 2 nitrogen and oxygen atoms in total. The van der Waals surface area contributed by atoms with Gasteiger partial charge >= 0.3 is 0 Å². The van der Waals surface area contributed by atoms with E-state index in [0.29, 0.717) is 0 Å². The first kappa shape index (κ1) is 9.94. The summed E-state index contributed by atoms with van der Waals surface area (Å²) in [4.78, 5) is 0. The maximum atomic E-state index is 11.7. The van der Waals surface area contributed by atoms with Crippen LogP contribution < -0.4 is 0 Å². The van der Waals surface area contributed by atoms with E-state index in [1.54, 1.807) is 0 Å². The number of hydrogen-bond donors (Lipinski definition) is 2. The van der Waals surface area contributed by atoms with E-state index in [4.69, 9.17) is 10.8 Å². The largest absolute Gasteiger partial charge is 0.309 e. The highest BCUT2D eigenvalue weighted by Crippen LogP contribution is 2.01. The van der Waals surface area contributed by atoms with Gasteiger partial charge in [-0.05, 0) is 0 Å². The average molecular weight is 160 g/mol. The lowest BCUT2D eigenvalue weighted by Gasteiger charge is -2.01. The van der Waals surface area contributed by atoms with E-state index < -0.39 is 12.1 Å². The van der Waals surface area contributed by atoms with Crippen molar-refractivity contribution in [3.8, 4) is 0 Å². The van der Waals surface area contributed by atoms with Gasteiger partial charge in [0.25, 0.3) is 6.43 Å². The summed E-state index contributed by atoms with van der Waals surface area (Å²) in [6.07, 6.45) is -1.25. The van der Waals surface area contributed by atoms with Crippen molar-refractivity contribution in [2.24, 2.45) is 0 Å². The molecule has 0 aliphatic rings. The zero-order valence-corrected chi connectivity index (χ0v) is 6.03. The molecule has 11 heavy (non-hydrogen) atoms. The molecule has 0 spiro atoms. The summed E-state index contributed by atoms with van der Waals surface area (Å²) in [7, 11) is 0. The van der Waals surface area contributed by atoms with E-state index in [1.165, 1.54) is 6.08 Å². The summed E-state index contributed by atoms with van der Waals surface area (Å²) in [6.45, 7) is 3.35. The highest BCUT2D eigenvalue weighted by molar-refractivity contribution is 6.03. The quantitative estimate of drug-likeness (QED) is 0.457. The lowest BCUT2D eigenvalue weighted by Crippen LogP contribution is -2.13. The maximum Gasteiger partial charge on any atom is 0.276 e. The number of rotatable bonds is 5. The van der Waals surface area contributed by atoms with E-state index in [-0.39, 0.29) is 18.6 Å². The molecule has 0 aliphatic heterocycles. The lowest BCUT2D eigenvalue weighted by atomic mass is 10.1. The van der Waals surface area contributed by atoms with Gasteiger partial charge in [-0.15, -0.1) is 6.58 Å². The van der Waals surface area contributed by atoms with E-state index >= 15 is 0 Å². The number of halogens is 2. The average Bonchev–Trinajstić information content (AvgIpc) is 1.87. The molecule has 0 saturated carbocycles. The van der Waals surface area contributed by atoms with Gasteiger partial charge in [0.1, 0.15) is 0 Å². The molecule has 0 bridgehead atoms. The minimum atomic E-state index is -2.74. The Labute approximate surface area is 63.9 Å². The highest BCUT2D eigenvalue weighted by Gasteiger charge is 2.11. The van der Waals surface area contributed by atoms with Crippen LogP contribution in [0.4, 0.5) is 8.78 Å². The molecule has 0 atom stereocenters. The standard InChI is InChI=1S/C7H10F2N2/c1-2-3-5(10)4-6(11)7(8)9/h2,7,10-11H,1,3-4H2. The maximum absolute atomic E-state index is 11.7. The van der Waals surface area contributed by atoms with Crippen molar-refractivity contribution in [2.45, 2.75) is 19.3 Å². The minimum absolute atomic E-state index is 0.102. The second-order valence-electron chi connectivity index (χ2n) is 2.10. The van der Waals surface area contributed by atoms with Crippen LogP contribution in [0.3, 0.4) is 0 Å². The van der Waals surface area contributed by atoms with E-state index in [1.807, 2.05) is 0 Å². The van der Waals surface area contributed by atoms with E-state index in [9.17, 15) is 8.78 Å². The first-order chi connectivity index (χ1) is 5.07. The van der Waals surface area contributed by atoms with Gasteiger partial charge in [0.15, 0.2) is 0 Å². The molecular weight excluding hydrogens is 150 g/mol. The first-order valence-corrected chi connectivity index (χ1v) is 3.10. The van der Waals surface area contributed by atoms with Gasteiger partial charge in [0.05, 0.1) is 5.71 Å². The van der Waals surface area contributed by atoms with Crippen LogP contribution in [0.25, 0.3) is 0 Å². The van der Waals surface area contributed by atoms with Crippen LogP contribution in [0.1, 0.15) is 12.8 Å². The van der Waals surface area contributed by atoms with Crippen LogP contribution in [0, 0.1) is 10.8 Å². The Morgan fingerprint density at radius 2 is 2.00 bits per heavy atom. The number of allylic oxidation sites excluding steroid dienone is 1. The molecule has 0 aromatic rings. The number of alkyl halides is 2. The second-order valence-corrected chi connectivity index (χ2v) is 2.10. The third kappa shape index (κ3) is 4.36. The molecule has 0 unspecified atom stereocenters. The van der Waals surface area contributed by atoms with Crippen LogP contribution in [0.5, 0.6) is 0 Å². The van der Waals surface area contributed by atoms with Gasteiger partial charge in [0, 0.05) is 18.6 Å². The van der Waals surface area contributed by atoms with Gasteiger partial charge in [-0.25, -0.2) is 8.78 Å². The van der Waals surface area contributed by atoms with Crippen molar-refractivity contribution in [2.75, 3.05) is 0 Å². The molecule has 0 aromatic carbocycles. The zero-order chi connectivity index (χ0) is 8.85. The van der Waals surface area contributed by atoms with Crippen LogP contribution in [0.2, 0.25) is 0 Å². The topological polar surface area (TPSA) is 47.7 Å². The lowest BCUT2D eigenvalue weighted by molar-refractivity contribution is 0.223. The predicted molar refractivity (Wildman–Crippen MR) is 40.9 cm³/mol. The van der Waals surface area contributed by atoms with Gasteiger partial charge in [0.2, 0.25) is 0 Å². The molecule has 4 heteroatoms. The van der Waals surface area contributed by atoms with Crippen molar-refractivity contribution in [3.63, 3.8) is 0 Å². The highest BCUT2D eigenvalue weighted by atomic mass is 19.3. The van der Waals surface area contributed by atoms with Crippen LogP contribution in [0.15, 0.2) is 12.7 Å². The van der Waals surface area contributed by atoms with Crippen molar-refractivity contribution < 1.29 is 8.78 Å². The van der Waals surface area contributed by atoms with E-state index in [2.05, 4.69) is 6.58 Å². The fourth-order valence-electron chi connectivity index (χ4n) is 0.553. The van der Waals surface area contributed by atoms with Crippen molar-refractivity contribution >= 4 is 11.4 Å². The van der Waals surface area contributed by atoms with Crippen molar-refractivity contribution in [1.29, 1.82) is 10.8 Å². The smallest absolute Gasteiger partial charge is 0.276 e. The summed E-state index contributed by atoms with van der Waals surface area (Å²) in [6, 6.07) is 0. The van der Waals surface area contributed by atoms with Crippen molar-refractivity contribution in [3.05, 3.63) is 12.7 Å². The Kier molecular flexibility index (Phi) is 4.26. The van der Waals surface area contributed by atoms with Gasteiger partial charge in [-0.3, -0.25) is 0 Å². The molecule has 2 N–H and O–H groups in total. The molecule has 0 fully saturated rings. The Bertz CT molecular complexity index is 175. The Hall–Kier alpha value is -1.06. The molecule has 62 valence electrons. The Balaban J connectivity index is 3.75. The molecular formula is C7H10F2N2. The normalized spacial score (nSPS) is 9.73. The summed E-state index contributed by atoms with van der Waals surface area (Å²) < 4.78 is 23.4. The zero-order valence-electron chi connectivity index (χ0n) is 6.03. The minimum Gasteiger partial charge on any atom is -0.309 e. The molecule has 0 amide bonds. The fourth-order valence-corrected chi connectivity index (χ4v) is 0.553. The summed E-state index contributed by atoms with van der Waals surface area (Å²) in [5, 5.41) is 13.8. The van der Waals surface area contributed by atoms with Crippen LogP contribution in [-0.2, 0) is 0 Å². The molecule has 0 aliphatic carbocycles. The fraction of sp³-hybridized carbons (Fsp3) is 0.429. The molecule has 0 aromatic heterocycles. The molecule has 0 radical (unpaired) electrons. The monoisotopic (exact) mass is 160 g/mol. The second kappa shape index (κ2) is 4.71. The summed E-state index contributed by atoms with van der Waals surface area (Å²) in [5.74, 6) is 0. The Morgan fingerprint density at radius 1 is 1.45 bits per heavy atom. The van der Waals surface area contributed by atoms with Gasteiger partial charge in [-0.1, -0.05) is 6.08 Å². The first-order valence-electron chi connectivity index (χ1n) is 3.10. The number of nitrogens with one attached hydrogen (secondary N) is 2. The summed E-state index contributed by atoms with van der Waals surface area (Å²) in [5.41, 5.74) is -0.595. The third-order valence-corrected chi connectivity index (χ3v) is 1.06. The van der Waals surface area contributed by atoms with Crippen molar-refractivity contribution in [1.82, 2.24) is 0 Å². The molecule has 0 rings (SSSR count). The van der Waals surface area contributed by atoms with Gasteiger partial charge < -0.3 is 10.8 Å². The van der Waals surface area contributed by atoms with Crippen LogP contribution >= 0.6 is 0 Å². The van der Waals surface area contributed by atoms with Crippen LogP contribution in [-0.4, -0.2) is 17.8 Å². The van der Waals surface area contributed by atoms with Gasteiger partial charge in [-0.2, -0.15) is 0 Å². The van der Waals surface area contributed by atoms with E-state index in [0.717, 1.165) is 0 Å². The molecule has 0 saturated heterocycles. The number of hydrogen-bond acceptors (Lipinski definition) is 2. The Morgan fingerprint density at radius 3 is 2.36 bits per heavy atom. The predicted octanol–water partition coefficient (Wildman–Crippen LogP) is 2.26. The molecule has 0 heterocycles.